The third-order valence-corrected chi connectivity index (χ3v) is 3.10. The van der Waals surface area contributed by atoms with Crippen LogP contribution < -0.4 is 4.57 Å². The van der Waals surface area contributed by atoms with Crippen LogP contribution in [0.15, 0.2) is 30.9 Å². The van der Waals surface area contributed by atoms with E-state index in [-0.39, 0.29) is 6.04 Å². The van der Waals surface area contributed by atoms with Gasteiger partial charge in [0.15, 0.2) is 6.04 Å². The summed E-state index contributed by atoms with van der Waals surface area (Å²) >= 11 is 0. The van der Waals surface area contributed by atoms with Crippen molar-refractivity contribution in [1.29, 1.82) is 0 Å². The lowest BCUT2D eigenvalue weighted by Crippen LogP contribution is -2.33. The second-order valence-corrected chi connectivity index (χ2v) is 4.78. The number of rotatable bonds is 1. The maximum atomic E-state index is 3.31. The van der Waals surface area contributed by atoms with Gasteiger partial charge < -0.3 is 0 Å². The van der Waals surface area contributed by atoms with Gasteiger partial charge in [-0.3, -0.25) is 4.98 Å². The molecule has 0 aliphatic heterocycles. The molecule has 1 unspecified atom stereocenters. The number of aryl methyl sites for hydroxylation is 3. The lowest BCUT2D eigenvalue weighted by Gasteiger charge is -2.05. The minimum absolute atomic E-state index is 0.177. The summed E-state index contributed by atoms with van der Waals surface area (Å²) < 4.78 is 2.06. The molecule has 1 N–H and O–H groups in total. The van der Waals surface area contributed by atoms with Gasteiger partial charge in [-0.05, 0) is 44.7 Å². The summed E-state index contributed by atoms with van der Waals surface area (Å²) in [6.45, 7) is 8.46. The van der Waals surface area contributed by atoms with Crippen molar-refractivity contribution in [2.45, 2.75) is 33.7 Å². The Morgan fingerprint density at radius 1 is 1.17 bits per heavy atom. The molecule has 18 heavy (non-hydrogen) atoms. The van der Waals surface area contributed by atoms with E-state index in [1.54, 1.807) is 0 Å². The van der Waals surface area contributed by atoms with E-state index >= 15 is 0 Å². The van der Waals surface area contributed by atoms with Crippen LogP contribution in [-0.2, 0) is 0 Å². The van der Waals surface area contributed by atoms with Crippen LogP contribution in [0.3, 0.4) is 0 Å². The first-order valence-electron chi connectivity index (χ1n) is 6.21. The van der Waals surface area contributed by atoms with Crippen LogP contribution in [0.2, 0.25) is 0 Å². The first kappa shape index (κ1) is 12.4. The molecular formula is C16H19N2+. The summed E-state index contributed by atoms with van der Waals surface area (Å²) in [5.41, 5.74) is 4.96. The lowest BCUT2D eigenvalue weighted by atomic mass is 10.00. The van der Waals surface area contributed by atoms with E-state index in [0.717, 1.165) is 5.56 Å². The minimum Gasteiger partial charge on any atom is -0.250 e. The number of nitrogens with zero attached hydrogens (tertiary/aromatic N) is 1. The number of benzene rings is 1. The molecule has 0 bridgehead atoms. The van der Waals surface area contributed by atoms with E-state index in [2.05, 4.69) is 61.2 Å². The zero-order valence-corrected chi connectivity index (χ0v) is 11.4. The molecule has 0 radical (unpaired) electrons. The average Bonchev–Trinajstić information content (AvgIpc) is 2.80. The third kappa shape index (κ3) is 2.62. The Morgan fingerprint density at radius 2 is 1.83 bits per heavy atom. The fourth-order valence-corrected chi connectivity index (χ4v) is 2.17. The molecule has 0 saturated heterocycles. The number of imidazole rings is 1. The van der Waals surface area contributed by atoms with Gasteiger partial charge in [-0.25, -0.2) is 4.57 Å². The Labute approximate surface area is 109 Å². The normalized spacial score (nSPS) is 11.8. The maximum Gasteiger partial charge on any atom is 0.242 e. The Bertz CT molecular complexity index is 575. The molecule has 2 heteroatoms. The van der Waals surface area contributed by atoms with Gasteiger partial charge >= 0.3 is 0 Å². The zero-order chi connectivity index (χ0) is 13.1. The van der Waals surface area contributed by atoms with Crippen molar-refractivity contribution in [3.63, 3.8) is 0 Å². The Hall–Kier alpha value is -2.01. The molecule has 92 valence electrons. The second kappa shape index (κ2) is 5.10. The van der Waals surface area contributed by atoms with Gasteiger partial charge in [0.1, 0.15) is 12.4 Å². The highest BCUT2D eigenvalue weighted by atomic mass is 15.0. The van der Waals surface area contributed by atoms with Crippen molar-refractivity contribution in [2.24, 2.45) is 0 Å². The predicted octanol–water partition coefficient (Wildman–Crippen LogP) is 2.84. The number of hydrogen-bond acceptors (Lipinski definition) is 0. The topological polar surface area (TPSA) is 19.7 Å². The van der Waals surface area contributed by atoms with Crippen LogP contribution in [-0.4, -0.2) is 4.98 Å². The molecule has 2 rings (SSSR count). The standard InChI is InChI=1S/C16H18N2/c1-12-9-13(2)16(14(3)10-12)6-5-15(4)18-8-7-17-11-18/h7-11,15H,1-4H3/p+1. The number of hydrogen-bond donors (Lipinski definition) is 1. The van der Waals surface area contributed by atoms with Crippen LogP contribution in [0.1, 0.15) is 35.2 Å². The van der Waals surface area contributed by atoms with Crippen LogP contribution in [0, 0.1) is 32.6 Å². The summed E-state index contributed by atoms with van der Waals surface area (Å²) in [5.74, 6) is 6.61. The Morgan fingerprint density at radius 3 is 2.39 bits per heavy atom. The van der Waals surface area contributed by atoms with Crippen LogP contribution >= 0.6 is 0 Å². The SMILES string of the molecule is Cc1cc(C)c(C#CC(C)[n+]2cc[nH]c2)c(C)c1. The second-order valence-electron chi connectivity index (χ2n) is 4.78. The quantitative estimate of drug-likeness (QED) is 0.583. The molecule has 0 amide bonds. The largest absolute Gasteiger partial charge is 0.250 e. The smallest absolute Gasteiger partial charge is 0.242 e. The number of aromatic nitrogens is 2. The number of nitrogens with one attached hydrogen (secondary N) is 1. The van der Waals surface area contributed by atoms with Crippen LogP contribution in [0.25, 0.3) is 0 Å². The van der Waals surface area contributed by atoms with Gasteiger partial charge in [0.25, 0.3) is 0 Å². The molecule has 1 aromatic carbocycles. The Balaban J connectivity index is 2.30. The van der Waals surface area contributed by atoms with E-state index in [1.807, 2.05) is 18.7 Å². The van der Waals surface area contributed by atoms with Crippen LogP contribution in [0.4, 0.5) is 0 Å². The fraction of sp³-hybridized carbons (Fsp3) is 0.312. The van der Waals surface area contributed by atoms with Crippen molar-refractivity contribution >= 4 is 0 Å². The maximum absolute atomic E-state index is 3.31. The van der Waals surface area contributed by atoms with Crippen molar-refractivity contribution in [3.8, 4) is 11.8 Å². The van der Waals surface area contributed by atoms with E-state index in [9.17, 15) is 0 Å². The zero-order valence-electron chi connectivity index (χ0n) is 11.4. The van der Waals surface area contributed by atoms with E-state index in [1.165, 1.54) is 16.7 Å². The van der Waals surface area contributed by atoms with E-state index < -0.39 is 0 Å². The molecule has 0 aliphatic carbocycles. The minimum atomic E-state index is 0.177. The average molecular weight is 239 g/mol. The highest BCUT2D eigenvalue weighted by molar-refractivity contribution is 5.48. The van der Waals surface area contributed by atoms with Gasteiger partial charge in [0, 0.05) is 5.56 Å². The molecule has 0 fully saturated rings. The molecule has 1 atom stereocenters. The van der Waals surface area contributed by atoms with Gasteiger partial charge in [-0.15, -0.1) is 0 Å². The summed E-state index contributed by atoms with van der Waals surface area (Å²) in [6, 6.07) is 4.55. The summed E-state index contributed by atoms with van der Waals surface area (Å²) in [7, 11) is 0. The molecule has 2 nitrogen and oxygen atoms in total. The van der Waals surface area contributed by atoms with Crippen molar-refractivity contribution in [3.05, 3.63) is 53.1 Å². The molecule has 1 heterocycles. The molecule has 1 aromatic heterocycles. The van der Waals surface area contributed by atoms with Crippen LogP contribution in [0.5, 0.6) is 0 Å². The number of H-pyrrole nitrogens is 1. The third-order valence-electron chi connectivity index (χ3n) is 3.10. The van der Waals surface area contributed by atoms with Crippen molar-refractivity contribution in [2.75, 3.05) is 0 Å². The summed E-state index contributed by atoms with van der Waals surface area (Å²) in [5, 5.41) is 0. The lowest BCUT2D eigenvalue weighted by molar-refractivity contribution is -0.705. The highest BCUT2D eigenvalue weighted by Crippen LogP contribution is 2.15. The highest BCUT2D eigenvalue weighted by Gasteiger charge is 2.05. The molecule has 0 spiro atoms. The fourth-order valence-electron chi connectivity index (χ4n) is 2.17. The van der Waals surface area contributed by atoms with Gasteiger partial charge in [-0.1, -0.05) is 23.6 Å². The Kier molecular flexibility index (Phi) is 3.53. The predicted molar refractivity (Wildman–Crippen MR) is 73.2 cm³/mol. The molecule has 2 aromatic rings. The number of aromatic amines is 1. The molecular weight excluding hydrogens is 220 g/mol. The monoisotopic (exact) mass is 239 g/mol. The van der Waals surface area contributed by atoms with Gasteiger partial charge in [-0.2, -0.15) is 0 Å². The summed E-state index contributed by atoms with van der Waals surface area (Å²) in [4.78, 5) is 3.03. The molecule has 0 aliphatic rings. The van der Waals surface area contributed by atoms with Gasteiger partial charge in [0.2, 0.25) is 6.33 Å². The molecule has 0 saturated carbocycles. The van der Waals surface area contributed by atoms with Gasteiger partial charge in [0.05, 0.1) is 0 Å². The van der Waals surface area contributed by atoms with Crippen molar-refractivity contribution in [1.82, 2.24) is 4.98 Å². The summed E-state index contributed by atoms with van der Waals surface area (Å²) in [6.07, 6.45) is 5.82. The van der Waals surface area contributed by atoms with E-state index in [0.29, 0.717) is 0 Å². The van der Waals surface area contributed by atoms with Crippen molar-refractivity contribution < 1.29 is 4.57 Å². The first-order chi connectivity index (χ1) is 8.58. The first-order valence-corrected chi connectivity index (χ1v) is 6.21. The van der Waals surface area contributed by atoms with E-state index in [4.69, 9.17) is 0 Å².